The van der Waals surface area contributed by atoms with Crippen LogP contribution in [-0.2, 0) is 9.47 Å². The lowest BCUT2D eigenvalue weighted by atomic mass is 10.1. The van der Waals surface area contributed by atoms with E-state index in [-0.39, 0.29) is 33.8 Å². The number of esters is 2. The molecule has 0 spiro atoms. The van der Waals surface area contributed by atoms with E-state index in [1.807, 2.05) is 0 Å². The Morgan fingerprint density at radius 3 is 2.39 bits per heavy atom. The maximum Gasteiger partial charge on any atom is 0.342 e. The summed E-state index contributed by atoms with van der Waals surface area (Å²) in [6.45, 7) is 3.57. The molecule has 7 heteroatoms. The average Bonchev–Trinajstić information content (AvgIpc) is 2.32. The van der Waals surface area contributed by atoms with Gasteiger partial charge in [-0.1, -0.05) is 0 Å². The Balaban J connectivity index is 3.29. The highest BCUT2D eigenvalue weighted by Crippen LogP contribution is 2.26. The molecule has 98 valence electrons. The van der Waals surface area contributed by atoms with Crippen molar-refractivity contribution in [3.8, 4) is 5.75 Å². The Kier molecular flexibility index (Phi) is 5.32. The first kappa shape index (κ1) is 14.7. The van der Waals surface area contributed by atoms with Crippen LogP contribution in [0.3, 0.4) is 0 Å². The van der Waals surface area contributed by atoms with Crippen LogP contribution in [-0.4, -0.2) is 35.2 Å². The van der Waals surface area contributed by atoms with E-state index in [4.69, 9.17) is 9.47 Å². The molecule has 0 atom stereocenters. The van der Waals surface area contributed by atoms with Gasteiger partial charge in [-0.25, -0.2) is 14.6 Å². The van der Waals surface area contributed by atoms with Crippen molar-refractivity contribution in [3.63, 3.8) is 0 Å². The predicted molar refractivity (Wildman–Crippen MR) is 70.5 cm³/mol. The predicted octanol–water partition coefficient (Wildman–Crippen LogP) is 1.75. The second-order valence-electron chi connectivity index (χ2n) is 3.13. The summed E-state index contributed by atoms with van der Waals surface area (Å²) in [7, 11) is 0. The molecule has 6 nitrogen and oxygen atoms in total. The van der Waals surface area contributed by atoms with E-state index in [2.05, 4.69) is 4.98 Å². The fourth-order valence-electron chi connectivity index (χ4n) is 1.25. The molecule has 0 amide bonds. The molecule has 1 heterocycles. The van der Waals surface area contributed by atoms with E-state index in [0.29, 0.717) is 0 Å². The molecule has 0 radical (unpaired) electrons. The van der Waals surface area contributed by atoms with Gasteiger partial charge in [0.2, 0.25) is 0 Å². The topological polar surface area (TPSA) is 85.7 Å². The lowest BCUT2D eigenvalue weighted by Crippen LogP contribution is -2.15. The van der Waals surface area contributed by atoms with E-state index in [9.17, 15) is 14.7 Å². The summed E-state index contributed by atoms with van der Waals surface area (Å²) in [6, 6.07) is 0. The number of carbonyl (C=O) groups excluding carboxylic acids is 2. The van der Waals surface area contributed by atoms with Crippen molar-refractivity contribution in [2.24, 2.45) is 0 Å². The minimum Gasteiger partial charge on any atom is -0.504 e. The van der Waals surface area contributed by atoms with E-state index in [0.717, 1.165) is 0 Å². The summed E-state index contributed by atoms with van der Waals surface area (Å²) >= 11 is 1.75. The third kappa shape index (κ3) is 3.09. The van der Waals surface area contributed by atoms with Gasteiger partial charge in [0, 0.05) is 6.20 Å². The maximum absolute atomic E-state index is 11.7. The highest BCUT2D eigenvalue weighted by atomic mass is 127. The van der Waals surface area contributed by atoms with E-state index in [1.165, 1.54) is 6.20 Å². The molecule has 1 aromatic rings. The lowest BCUT2D eigenvalue weighted by molar-refractivity contribution is 0.0475. The second kappa shape index (κ2) is 6.53. The molecular formula is C11H12INO5. The summed E-state index contributed by atoms with van der Waals surface area (Å²) in [5, 5.41) is 9.81. The van der Waals surface area contributed by atoms with Crippen LogP contribution in [0.5, 0.6) is 5.75 Å². The number of carbonyl (C=O) groups is 2. The number of aromatic hydroxyl groups is 1. The van der Waals surface area contributed by atoms with Gasteiger partial charge in [-0.2, -0.15) is 0 Å². The molecule has 0 aliphatic heterocycles. The van der Waals surface area contributed by atoms with Crippen molar-refractivity contribution < 1.29 is 24.2 Å². The van der Waals surface area contributed by atoms with Crippen LogP contribution in [0.25, 0.3) is 0 Å². The molecule has 0 bridgehead atoms. The number of pyridine rings is 1. The number of hydrogen-bond acceptors (Lipinski definition) is 6. The van der Waals surface area contributed by atoms with Gasteiger partial charge in [-0.05, 0) is 36.4 Å². The summed E-state index contributed by atoms with van der Waals surface area (Å²) in [5.74, 6) is -1.88. The molecule has 0 unspecified atom stereocenters. The Labute approximate surface area is 117 Å². The lowest BCUT2D eigenvalue weighted by Gasteiger charge is -2.10. The van der Waals surface area contributed by atoms with E-state index in [1.54, 1.807) is 36.4 Å². The summed E-state index contributed by atoms with van der Waals surface area (Å²) in [4.78, 5) is 27.2. The smallest absolute Gasteiger partial charge is 0.342 e. The Bertz CT molecular complexity index is 475. The first-order valence-electron chi connectivity index (χ1n) is 5.24. The van der Waals surface area contributed by atoms with Gasteiger partial charge in [-0.3, -0.25) is 0 Å². The van der Waals surface area contributed by atoms with E-state index >= 15 is 0 Å². The van der Waals surface area contributed by atoms with Crippen LogP contribution in [0.2, 0.25) is 0 Å². The van der Waals surface area contributed by atoms with Crippen molar-refractivity contribution in [1.29, 1.82) is 0 Å². The minimum absolute atomic E-state index is 0.104. The van der Waals surface area contributed by atoms with Gasteiger partial charge in [0.25, 0.3) is 0 Å². The van der Waals surface area contributed by atoms with Crippen LogP contribution >= 0.6 is 22.6 Å². The van der Waals surface area contributed by atoms with Crippen LogP contribution in [0, 0.1) is 3.70 Å². The van der Waals surface area contributed by atoms with Crippen molar-refractivity contribution >= 4 is 34.5 Å². The zero-order valence-electron chi connectivity index (χ0n) is 9.90. The minimum atomic E-state index is -0.779. The highest BCUT2D eigenvalue weighted by Gasteiger charge is 2.25. The zero-order chi connectivity index (χ0) is 13.7. The molecule has 0 aliphatic carbocycles. The fourth-order valence-corrected chi connectivity index (χ4v) is 1.66. The third-order valence-corrected chi connectivity index (χ3v) is 2.77. The summed E-state index contributed by atoms with van der Waals surface area (Å²) in [5.41, 5.74) is -0.317. The van der Waals surface area contributed by atoms with Crippen molar-refractivity contribution in [3.05, 3.63) is 21.0 Å². The first-order chi connectivity index (χ1) is 8.52. The zero-order valence-corrected chi connectivity index (χ0v) is 12.1. The Hall–Kier alpha value is -1.38. The molecule has 1 rings (SSSR count). The maximum atomic E-state index is 11.7. The van der Waals surface area contributed by atoms with Crippen LogP contribution in [0.15, 0.2) is 6.20 Å². The SMILES string of the molecule is CCOC(=O)c1cnc(I)c(O)c1C(=O)OCC. The molecule has 0 saturated carbocycles. The van der Waals surface area contributed by atoms with Crippen molar-refractivity contribution in [2.45, 2.75) is 13.8 Å². The Morgan fingerprint density at radius 2 is 1.83 bits per heavy atom. The third-order valence-electron chi connectivity index (χ3n) is 1.98. The summed E-state index contributed by atoms with van der Waals surface area (Å²) in [6.07, 6.45) is 1.19. The molecule has 0 aliphatic rings. The van der Waals surface area contributed by atoms with Crippen molar-refractivity contribution in [2.75, 3.05) is 13.2 Å². The molecule has 0 fully saturated rings. The average molecular weight is 365 g/mol. The quantitative estimate of drug-likeness (QED) is 0.497. The fraction of sp³-hybridized carbons (Fsp3) is 0.364. The van der Waals surface area contributed by atoms with Crippen molar-refractivity contribution in [1.82, 2.24) is 4.98 Å². The van der Waals surface area contributed by atoms with Crippen LogP contribution < -0.4 is 0 Å². The number of hydrogen-bond donors (Lipinski definition) is 1. The number of halogens is 1. The molecular weight excluding hydrogens is 353 g/mol. The molecule has 0 saturated heterocycles. The van der Waals surface area contributed by atoms with Gasteiger partial charge in [0.05, 0.1) is 18.8 Å². The molecule has 18 heavy (non-hydrogen) atoms. The standard InChI is InChI=1S/C11H12INO5/c1-3-17-10(15)6-5-13-9(12)8(14)7(6)11(16)18-4-2/h5,14H,3-4H2,1-2H3. The van der Waals surface area contributed by atoms with Crippen LogP contribution in [0.1, 0.15) is 34.6 Å². The van der Waals surface area contributed by atoms with Gasteiger partial charge in [-0.15, -0.1) is 0 Å². The Morgan fingerprint density at radius 1 is 1.28 bits per heavy atom. The summed E-state index contributed by atoms with van der Waals surface area (Å²) < 4.78 is 9.80. The van der Waals surface area contributed by atoms with Crippen LogP contribution in [0.4, 0.5) is 0 Å². The van der Waals surface area contributed by atoms with Gasteiger partial charge < -0.3 is 14.6 Å². The normalized spacial score (nSPS) is 9.94. The molecule has 1 aromatic heterocycles. The number of rotatable bonds is 4. The highest BCUT2D eigenvalue weighted by molar-refractivity contribution is 14.1. The van der Waals surface area contributed by atoms with Gasteiger partial charge in [0.15, 0.2) is 5.75 Å². The molecule has 0 aromatic carbocycles. The number of nitrogens with zero attached hydrogens (tertiary/aromatic N) is 1. The van der Waals surface area contributed by atoms with E-state index < -0.39 is 11.9 Å². The largest absolute Gasteiger partial charge is 0.504 e. The van der Waals surface area contributed by atoms with Gasteiger partial charge in [0.1, 0.15) is 9.26 Å². The number of aromatic nitrogens is 1. The van der Waals surface area contributed by atoms with Gasteiger partial charge >= 0.3 is 11.9 Å². The molecule has 1 N–H and O–H groups in total. The number of ether oxygens (including phenoxy) is 2. The first-order valence-corrected chi connectivity index (χ1v) is 6.32. The monoisotopic (exact) mass is 365 g/mol. The second-order valence-corrected chi connectivity index (χ2v) is 4.15.